The van der Waals surface area contributed by atoms with Crippen molar-refractivity contribution in [2.75, 3.05) is 11.5 Å². The lowest BCUT2D eigenvalue weighted by Gasteiger charge is -1.79. The van der Waals surface area contributed by atoms with Crippen molar-refractivity contribution >= 4 is 30.1 Å². The third-order valence-electron chi connectivity index (χ3n) is 0.539. The molecule has 1 saturated heterocycles. The molecule has 0 amide bonds. The zero-order valence-corrected chi connectivity index (χ0v) is 7.38. The second kappa shape index (κ2) is 7.12. The Morgan fingerprint density at radius 3 is 1.67 bits per heavy atom. The van der Waals surface area contributed by atoms with Crippen LogP contribution in [0, 0.1) is 0 Å². The maximum Gasteiger partial charge on any atom is 0.247 e. The van der Waals surface area contributed by atoms with Gasteiger partial charge in [-0.1, -0.05) is 21.6 Å². The van der Waals surface area contributed by atoms with Gasteiger partial charge < -0.3 is 9.79 Å². The summed E-state index contributed by atoms with van der Waals surface area (Å²) in [6.45, 7) is 0. The molecule has 1 rings (SSSR count). The Kier molecular flexibility index (Phi) is 7.92. The fraction of sp³-hybridized carbons (Fsp3) is 1.00. The summed E-state index contributed by atoms with van der Waals surface area (Å²) >= 11 is 0. The maximum absolute atomic E-state index is 7.45. The summed E-state index contributed by atoms with van der Waals surface area (Å²) in [4.78, 5) is 14.9. The van der Waals surface area contributed by atoms with E-state index >= 15 is 0 Å². The fourth-order valence-electron chi connectivity index (χ4n) is 0.295. The highest BCUT2D eigenvalue weighted by Gasteiger charge is 1.96. The Morgan fingerprint density at radius 1 is 1.22 bits per heavy atom. The molecule has 0 aromatic rings. The molecule has 9 heavy (non-hydrogen) atoms. The van der Waals surface area contributed by atoms with Crippen molar-refractivity contribution in [2.24, 2.45) is 5.50 Å². The van der Waals surface area contributed by atoms with Crippen molar-refractivity contribution in [1.82, 2.24) is 0 Å². The van der Waals surface area contributed by atoms with Crippen molar-refractivity contribution in [1.29, 1.82) is 0 Å². The summed E-state index contributed by atoms with van der Waals surface area (Å²) in [7, 11) is 1.86. The second-order valence-electron chi connectivity index (χ2n) is 1.32. The molecule has 0 bridgehead atoms. The molecule has 0 unspecified atom stereocenters. The number of hydrogen-bond acceptors (Lipinski definition) is 5. The van der Waals surface area contributed by atoms with E-state index in [0.29, 0.717) is 0 Å². The van der Waals surface area contributed by atoms with Gasteiger partial charge in [0.1, 0.15) is 0 Å². The van der Waals surface area contributed by atoms with Gasteiger partial charge >= 0.3 is 0 Å². The van der Waals surface area contributed by atoms with Crippen LogP contribution in [0.2, 0.25) is 0 Å². The minimum absolute atomic E-state index is 1.38. The molecule has 0 saturated carbocycles. The normalized spacial score (nSPS) is 17.3. The number of rotatable bonds is 0. The molecule has 0 aromatic carbocycles. The predicted molar refractivity (Wildman–Crippen MR) is 45.1 cm³/mol. The number of nitrogens with two attached hydrogens (primary N) is 1. The Hall–Kier alpha value is 1.01. The first kappa shape index (κ1) is 10.0. The van der Waals surface area contributed by atoms with Crippen LogP contribution in [0.1, 0.15) is 6.42 Å². The predicted octanol–water partition coefficient (Wildman–Crippen LogP) is 0.928. The van der Waals surface area contributed by atoms with Gasteiger partial charge in [-0.2, -0.15) is 0 Å². The van der Waals surface area contributed by atoms with E-state index in [1.807, 2.05) is 21.6 Å². The zero-order chi connectivity index (χ0) is 7.11. The van der Waals surface area contributed by atoms with Gasteiger partial charge in [0.05, 0.1) is 0 Å². The summed E-state index contributed by atoms with van der Waals surface area (Å²) in [5.74, 6) is 2.76. The lowest BCUT2D eigenvalue weighted by atomic mass is 10.6. The Morgan fingerprint density at radius 2 is 1.56 bits per heavy atom. The van der Waals surface area contributed by atoms with E-state index < -0.39 is 8.53 Å². The van der Waals surface area contributed by atoms with Crippen molar-refractivity contribution in [3.63, 3.8) is 0 Å². The average molecular weight is 187 g/mol. The van der Waals surface area contributed by atoms with E-state index in [2.05, 4.69) is 5.50 Å². The van der Waals surface area contributed by atoms with Crippen LogP contribution in [0.4, 0.5) is 0 Å². The molecular weight excluding hydrogens is 177 g/mol. The topological polar surface area (TPSA) is 66.5 Å². The standard InChI is InChI=1S/C3H6S2.H4NO2P/c1-2-4-5-3-1;1-4(2)3/h1-3H2;2-3H,1H2. The third kappa shape index (κ3) is 12.3. The van der Waals surface area contributed by atoms with Gasteiger partial charge in [0.15, 0.2) is 0 Å². The van der Waals surface area contributed by atoms with Crippen LogP contribution in [0.3, 0.4) is 0 Å². The molecule has 0 spiro atoms. The summed E-state index contributed by atoms with van der Waals surface area (Å²) in [6, 6.07) is 0. The van der Waals surface area contributed by atoms with Gasteiger partial charge in [-0.15, -0.1) is 0 Å². The van der Waals surface area contributed by atoms with Gasteiger partial charge in [-0.05, 0) is 6.42 Å². The molecule has 6 heteroatoms. The number of hydrogen-bond donors (Lipinski definition) is 3. The summed E-state index contributed by atoms with van der Waals surface area (Å²) in [5.41, 5.74) is 4.29. The van der Waals surface area contributed by atoms with Crippen LogP contribution < -0.4 is 5.50 Å². The van der Waals surface area contributed by atoms with Crippen LogP contribution in [0.25, 0.3) is 0 Å². The van der Waals surface area contributed by atoms with Crippen LogP contribution in [-0.2, 0) is 0 Å². The van der Waals surface area contributed by atoms with Gasteiger partial charge in [0.2, 0.25) is 8.53 Å². The monoisotopic (exact) mass is 187 g/mol. The van der Waals surface area contributed by atoms with E-state index in [1.165, 1.54) is 17.9 Å². The first-order valence-corrected chi connectivity index (χ1v) is 6.21. The summed E-state index contributed by atoms with van der Waals surface area (Å²) in [5, 5.41) is 0. The quantitative estimate of drug-likeness (QED) is 0.389. The molecule has 0 atom stereocenters. The molecule has 56 valence electrons. The fourth-order valence-corrected chi connectivity index (χ4v) is 2.65. The minimum Gasteiger partial charge on any atom is -0.338 e. The lowest BCUT2D eigenvalue weighted by molar-refractivity contribution is 0.485. The molecule has 0 aromatic heterocycles. The summed E-state index contributed by atoms with van der Waals surface area (Å²) < 4.78 is 0. The smallest absolute Gasteiger partial charge is 0.247 e. The first-order chi connectivity index (χ1) is 4.23. The Labute approximate surface area is 63.8 Å². The lowest BCUT2D eigenvalue weighted by Crippen LogP contribution is -1.78. The second-order valence-corrected chi connectivity index (χ2v) is 4.66. The molecule has 0 aliphatic carbocycles. The highest BCUT2D eigenvalue weighted by atomic mass is 33.1. The minimum atomic E-state index is -2.12. The van der Waals surface area contributed by atoms with Crippen molar-refractivity contribution in [3.05, 3.63) is 0 Å². The molecule has 3 nitrogen and oxygen atoms in total. The Balaban J connectivity index is 0.000000148. The van der Waals surface area contributed by atoms with Crippen LogP contribution in [0.15, 0.2) is 0 Å². The van der Waals surface area contributed by atoms with E-state index in [1.54, 1.807) is 0 Å². The van der Waals surface area contributed by atoms with Crippen molar-refractivity contribution in [2.45, 2.75) is 6.42 Å². The first-order valence-electron chi connectivity index (χ1n) is 2.40. The van der Waals surface area contributed by atoms with Crippen LogP contribution >= 0.6 is 30.1 Å². The van der Waals surface area contributed by atoms with Gasteiger partial charge in [-0.3, -0.25) is 5.50 Å². The molecule has 1 aliphatic heterocycles. The van der Waals surface area contributed by atoms with E-state index in [-0.39, 0.29) is 0 Å². The van der Waals surface area contributed by atoms with E-state index in [4.69, 9.17) is 9.79 Å². The summed E-state index contributed by atoms with van der Waals surface area (Å²) in [6.07, 6.45) is 1.43. The van der Waals surface area contributed by atoms with E-state index in [0.717, 1.165) is 0 Å². The Bertz CT molecular complexity index is 51.4. The molecular formula is C3H10NO2PS2. The third-order valence-corrected chi connectivity index (χ3v) is 3.12. The highest BCUT2D eigenvalue weighted by Crippen LogP contribution is 2.29. The molecule has 1 aliphatic rings. The van der Waals surface area contributed by atoms with Crippen molar-refractivity contribution in [3.8, 4) is 0 Å². The van der Waals surface area contributed by atoms with Crippen LogP contribution in [-0.4, -0.2) is 21.3 Å². The van der Waals surface area contributed by atoms with Gasteiger partial charge in [0.25, 0.3) is 0 Å². The van der Waals surface area contributed by atoms with E-state index in [9.17, 15) is 0 Å². The SMILES string of the molecule is C1CSSC1.NP(O)O. The molecule has 4 N–H and O–H groups in total. The molecule has 0 radical (unpaired) electrons. The average Bonchev–Trinajstić information content (AvgIpc) is 2.11. The maximum atomic E-state index is 7.45. The molecule has 1 fully saturated rings. The van der Waals surface area contributed by atoms with Gasteiger partial charge in [0, 0.05) is 11.5 Å². The van der Waals surface area contributed by atoms with Crippen molar-refractivity contribution < 1.29 is 9.79 Å². The van der Waals surface area contributed by atoms with Crippen LogP contribution in [0.5, 0.6) is 0 Å². The zero-order valence-electron chi connectivity index (χ0n) is 4.86. The molecule has 1 heterocycles. The largest absolute Gasteiger partial charge is 0.338 e. The van der Waals surface area contributed by atoms with Gasteiger partial charge in [-0.25, -0.2) is 0 Å². The highest BCUT2D eigenvalue weighted by molar-refractivity contribution is 8.77.